The highest BCUT2D eigenvalue weighted by molar-refractivity contribution is 7.98. The molecule has 0 radical (unpaired) electrons. The van der Waals surface area contributed by atoms with E-state index in [1.54, 1.807) is 12.1 Å². The summed E-state index contributed by atoms with van der Waals surface area (Å²) < 4.78 is 0. The standard InChI is InChI=1S/C13H15N3O3S/c1-20-7-6-10(13(18)19)14-12(17)11-8-4-2-3-5-9(8)15-16-11/h2-5,10H,6-7H2,1H3,(H,14,17)(H,15,16)(H,18,19). The summed E-state index contributed by atoms with van der Waals surface area (Å²) in [6.07, 6.45) is 2.27. The number of aromatic amines is 1. The molecule has 1 unspecified atom stereocenters. The molecule has 1 aromatic carbocycles. The first-order valence-corrected chi connectivity index (χ1v) is 7.48. The van der Waals surface area contributed by atoms with Gasteiger partial charge in [0.1, 0.15) is 6.04 Å². The zero-order valence-corrected chi connectivity index (χ0v) is 11.7. The van der Waals surface area contributed by atoms with Gasteiger partial charge in [0, 0.05) is 5.39 Å². The molecule has 2 aromatic rings. The van der Waals surface area contributed by atoms with Gasteiger partial charge in [-0.05, 0) is 24.5 Å². The Hall–Kier alpha value is -2.02. The first-order valence-electron chi connectivity index (χ1n) is 6.09. The molecule has 7 heteroatoms. The van der Waals surface area contributed by atoms with E-state index >= 15 is 0 Å². The third kappa shape index (κ3) is 3.11. The molecule has 0 saturated carbocycles. The lowest BCUT2D eigenvalue weighted by Gasteiger charge is -2.12. The summed E-state index contributed by atoms with van der Waals surface area (Å²) >= 11 is 1.54. The number of H-pyrrole nitrogens is 1. The Kier molecular flexibility index (Phi) is 4.62. The number of fused-ring (bicyclic) bond motifs is 1. The van der Waals surface area contributed by atoms with E-state index in [0.717, 1.165) is 5.52 Å². The monoisotopic (exact) mass is 293 g/mol. The molecule has 106 valence electrons. The molecule has 0 fully saturated rings. The maximum Gasteiger partial charge on any atom is 0.326 e. The Labute approximate surface area is 119 Å². The molecule has 0 aliphatic carbocycles. The van der Waals surface area contributed by atoms with Crippen molar-refractivity contribution in [3.05, 3.63) is 30.0 Å². The second-order valence-electron chi connectivity index (χ2n) is 4.26. The van der Waals surface area contributed by atoms with Gasteiger partial charge in [-0.15, -0.1) is 0 Å². The maximum absolute atomic E-state index is 12.1. The van der Waals surface area contributed by atoms with Crippen LogP contribution in [0.1, 0.15) is 16.9 Å². The highest BCUT2D eigenvalue weighted by atomic mass is 32.2. The average Bonchev–Trinajstić information content (AvgIpc) is 2.87. The number of rotatable bonds is 6. The van der Waals surface area contributed by atoms with Gasteiger partial charge in [0.15, 0.2) is 5.69 Å². The van der Waals surface area contributed by atoms with Crippen molar-refractivity contribution in [2.45, 2.75) is 12.5 Å². The molecule has 0 aliphatic rings. The summed E-state index contributed by atoms with van der Waals surface area (Å²) in [6.45, 7) is 0. The molecule has 0 spiro atoms. The summed E-state index contributed by atoms with van der Waals surface area (Å²) in [6, 6.07) is 6.32. The van der Waals surface area contributed by atoms with Crippen LogP contribution in [-0.2, 0) is 4.79 Å². The predicted molar refractivity (Wildman–Crippen MR) is 78.0 cm³/mol. The second kappa shape index (κ2) is 6.42. The van der Waals surface area contributed by atoms with Crippen LogP contribution in [0.4, 0.5) is 0 Å². The third-order valence-electron chi connectivity index (χ3n) is 2.90. The first kappa shape index (κ1) is 14.4. The van der Waals surface area contributed by atoms with Crippen molar-refractivity contribution >= 4 is 34.5 Å². The number of carboxylic acid groups (broad SMARTS) is 1. The predicted octanol–water partition coefficient (Wildman–Crippen LogP) is 1.50. The summed E-state index contributed by atoms with van der Waals surface area (Å²) in [5, 5.41) is 19.0. The lowest BCUT2D eigenvalue weighted by atomic mass is 10.2. The van der Waals surface area contributed by atoms with E-state index < -0.39 is 17.9 Å². The highest BCUT2D eigenvalue weighted by Gasteiger charge is 2.22. The van der Waals surface area contributed by atoms with Crippen LogP contribution in [0.2, 0.25) is 0 Å². The van der Waals surface area contributed by atoms with Crippen LogP contribution in [-0.4, -0.2) is 45.2 Å². The topological polar surface area (TPSA) is 95.1 Å². The van der Waals surface area contributed by atoms with Crippen LogP contribution in [0.25, 0.3) is 10.9 Å². The lowest BCUT2D eigenvalue weighted by molar-refractivity contribution is -0.139. The molecule has 1 heterocycles. The Morgan fingerprint density at radius 1 is 1.45 bits per heavy atom. The van der Waals surface area contributed by atoms with E-state index in [1.807, 2.05) is 18.4 Å². The number of hydrogen-bond donors (Lipinski definition) is 3. The van der Waals surface area contributed by atoms with Crippen molar-refractivity contribution in [3.8, 4) is 0 Å². The van der Waals surface area contributed by atoms with Gasteiger partial charge in [-0.1, -0.05) is 18.2 Å². The zero-order valence-electron chi connectivity index (χ0n) is 10.9. The molecule has 2 rings (SSSR count). The second-order valence-corrected chi connectivity index (χ2v) is 5.25. The van der Waals surface area contributed by atoms with Crippen molar-refractivity contribution < 1.29 is 14.7 Å². The number of carbonyl (C=O) groups excluding carboxylic acids is 1. The van der Waals surface area contributed by atoms with E-state index in [1.165, 1.54) is 11.8 Å². The molecule has 6 nitrogen and oxygen atoms in total. The fourth-order valence-corrected chi connectivity index (χ4v) is 2.33. The molecule has 20 heavy (non-hydrogen) atoms. The first-order chi connectivity index (χ1) is 9.63. The highest BCUT2D eigenvalue weighted by Crippen LogP contribution is 2.15. The van der Waals surface area contributed by atoms with Crippen molar-refractivity contribution in [3.63, 3.8) is 0 Å². The van der Waals surface area contributed by atoms with Gasteiger partial charge in [0.2, 0.25) is 0 Å². The van der Waals surface area contributed by atoms with Gasteiger partial charge in [0.25, 0.3) is 5.91 Å². The van der Waals surface area contributed by atoms with E-state index in [-0.39, 0.29) is 5.69 Å². The number of benzene rings is 1. The quantitative estimate of drug-likeness (QED) is 0.750. The fourth-order valence-electron chi connectivity index (χ4n) is 1.86. The Balaban J connectivity index is 2.16. The van der Waals surface area contributed by atoms with Crippen molar-refractivity contribution in [1.82, 2.24) is 15.5 Å². The number of carboxylic acids is 1. The fraction of sp³-hybridized carbons (Fsp3) is 0.308. The number of aliphatic carboxylic acids is 1. The van der Waals surface area contributed by atoms with Crippen LogP contribution < -0.4 is 5.32 Å². The molecule has 0 aliphatic heterocycles. The van der Waals surface area contributed by atoms with Gasteiger partial charge >= 0.3 is 5.97 Å². The zero-order chi connectivity index (χ0) is 14.5. The Morgan fingerprint density at radius 2 is 2.20 bits per heavy atom. The number of hydrogen-bond acceptors (Lipinski definition) is 4. The molecule has 0 bridgehead atoms. The van der Waals surface area contributed by atoms with E-state index in [0.29, 0.717) is 17.6 Å². The minimum absolute atomic E-state index is 0.219. The minimum Gasteiger partial charge on any atom is -0.480 e. The van der Waals surface area contributed by atoms with Gasteiger partial charge in [0.05, 0.1) is 5.52 Å². The van der Waals surface area contributed by atoms with Crippen LogP contribution in [0.5, 0.6) is 0 Å². The van der Waals surface area contributed by atoms with Crippen LogP contribution in [0.3, 0.4) is 0 Å². The van der Waals surface area contributed by atoms with Crippen molar-refractivity contribution in [2.24, 2.45) is 0 Å². The van der Waals surface area contributed by atoms with E-state index in [9.17, 15) is 9.59 Å². The van der Waals surface area contributed by atoms with Gasteiger partial charge in [-0.3, -0.25) is 9.89 Å². The van der Waals surface area contributed by atoms with Gasteiger partial charge in [-0.25, -0.2) is 4.79 Å². The van der Waals surface area contributed by atoms with Crippen molar-refractivity contribution in [1.29, 1.82) is 0 Å². The number of amides is 1. The summed E-state index contributed by atoms with van der Waals surface area (Å²) in [5.74, 6) is -0.846. The molecular formula is C13H15N3O3S. The van der Waals surface area contributed by atoms with Crippen LogP contribution in [0.15, 0.2) is 24.3 Å². The number of para-hydroxylation sites is 1. The number of carbonyl (C=O) groups is 2. The SMILES string of the molecule is CSCCC(NC(=O)c1n[nH]c2ccccc12)C(=O)O. The maximum atomic E-state index is 12.1. The average molecular weight is 293 g/mol. The third-order valence-corrected chi connectivity index (χ3v) is 3.54. The Bertz CT molecular complexity index is 626. The number of nitrogens with one attached hydrogen (secondary N) is 2. The smallest absolute Gasteiger partial charge is 0.326 e. The van der Waals surface area contributed by atoms with Crippen LogP contribution in [0, 0.1) is 0 Å². The number of nitrogens with zero attached hydrogens (tertiary/aromatic N) is 1. The Morgan fingerprint density at radius 3 is 2.90 bits per heavy atom. The van der Waals surface area contributed by atoms with E-state index in [4.69, 9.17) is 5.11 Å². The summed E-state index contributed by atoms with van der Waals surface area (Å²) in [4.78, 5) is 23.3. The normalized spacial score (nSPS) is 12.2. The summed E-state index contributed by atoms with van der Waals surface area (Å²) in [7, 11) is 0. The lowest BCUT2D eigenvalue weighted by Crippen LogP contribution is -2.41. The van der Waals surface area contributed by atoms with Crippen molar-refractivity contribution in [2.75, 3.05) is 12.0 Å². The molecule has 1 amide bonds. The van der Waals surface area contributed by atoms with Gasteiger partial charge in [-0.2, -0.15) is 16.9 Å². The minimum atomic E-state index is -1.03. The molecule has 3 N–H and O–H groups in total. The molecule has 1 atom stereocenters. The number of aromatic nitrogens is 2. The molecular weight excluding hydrogens is 278 g/mol. The molecule has 1 aromatic heterocycles. The summed E-state index contributed by atoms with van der Waals surface area (Å²) in [5.41, 5.74) is 0.963. The number of thioether (sulfide) groups is 1. The van der Waals surface area contributed by atoms with Crippen LogP contribution >= 0.6 is 11.8 Å². The van der Waals surface area contributed by atoms with Gasteiger partial charge < -0.3 is 10.4 Å². The largest absolute Gasteiger partial charge is 0.480 e. The molecule has 0 saturated heterocycles. The van der Waals surface area contributed by atoms with E-state index in [2.05, 4.69) is 15.5 Å².